The maximum atomic E-state index is 12.4. The van der Waals surface area contributed by atoms with Crippen molar-refractivity contribution in [3.63, 3.8) is 0 Å². The molecular weight excluding hydrogens is 1950 g/mol. The summed E-state index contributed by atoms with van der Waals surface area (Å²) >= 11 is 6.14. The standard InChI is InChI=1S/C21H35N8O3P.C16H19N5O2.C12H18N6O2.C12H11N5O.C9H18ClN2OP.C9H13N5O2.C5H13NO2.C4H8O.CH3F.2CH4O.CH4.Na.H/c1-9-17(32-33(31-11-10-22-6)29(15(2)3)16(4)5)12-28-14-23-18-19(28)25-21(26-20(18)30)24-13-27(7)8;1-2-12(22)8-21-10-18-13-14(21)19-16(17)20-15(13)23-9-11-6-4-3-5-7-11;1-4-8(19)5-18-7-13-9-10(18)15-12(16-11(9)20)14-6-17(2)3;13-12-16-10-9(14-7-15-10)11(17-12)18-6-8-4-2-1-3-5-8;1-8(2)12(9(3)4)14(10)13-7-6-11-5;1-2-5(15)3-14-4-11-6-7(14)12-9(10)13-8(6)16;1-6(2)5(7-3)8-4;1-2-4-3-5-4;3*1-2;;;/h13-17H,9-12H2,1-5,7-8H3,(H,25,26,30);3-7,10,12,22H,2,8-9H2,1H3,(H2,17,19,20);6-8,19H,4-5H2,1-3H3,(H,15,16,20);1-5,7H,6H2,(H3,13,14,15,16,17);8-9H,6-7H2,1-4H3;4-5,15H,2-3H2,1H3,(H3,10,12,13,16);5H,1-4H3;4H,2-3H2,1H3;1H3;2*2H,1H3;1H4;;/q;;;;;;;;;;;;+1;-1/t17-,33?;12-;8-;;;5-;;4-;;;;;;/m111..1.1....../s1/i;;;;;;;;1D;;;;;. The van der Waals surface area contributed by atoms with E-state index >= 15 is 0 Å². The Hall–Kier alpha value is -11.0. The number of imidazole rings is 5. The van der Waals surface area contributed by atoms with E-state index < -0.39 is 41.6 Å². The summed E-state index contributed by atoms with van der Waals surface area (Å²) in [5.74, 6) is 1.51. The first-order chi connectivity index (χ1) is 68.9. The zero-order chi connectivity index (χ0) is 108. The second kappa shape index (κ2) is 72.4. The largest absolute Gasteiger partial charge is 1.00 e. The molecule has 2 aromatic carbocycles. The fourth-order valence-electron chi connectivity index (χ4n) is 12.2. The van der Waals surface area contributed by atoms with Crippen molar-refractivity contribution in [3.05, 3.63) is 157 Å². The van der Waals surface area contributed by atoms with Gasteiger partial charge in [0.1, 0.15) is 31.9 Å². The predicted molar refractivity (Wildman–Crippen MR) is 565 cm³/mol. The van der Waals surface area contributed by atoms with Crippen LogP contribution >= 0.6 is 27.4 Å². The molecule has 15 N–H and O–H groups in total. The molecule has 10 aromatic heterocycles. The third-order valence-corrected chi connectivity index (χ3v) is 23.8. The topological polar surface area (TPSA) is 595 Å². The van der Waals surface area contributed by atoms with Gasteiger partial charge in [0.15, 0.2) is 50.3 Å². The molecule has 0 amide bonds. The molecule has 0 spiro atoms. The molecule has 0 aliphatic carbocycles. The number of methoxy groups -OCH3 is 2. The third kappa shape index (κ3) is 46.3. The number of alkyl halides is 1. The number of nitrogens with two attached hydrogens (primary N) is 3. The van der Waals surface area contributed by atoms with Crippen LogP contribution in [0.5, 0.6) is 11.8 Å². The molecule has 53 heteroatoms. The summed E-state index contributed by atoms with van der Waals surface area (Å²) in [6, 6.07) is 20.8. The van der Waals surface area contributed by atoms with Crippen molar-refractivity contribution >= 4 is 126 Å². The number of fused-ring (bicyclic) bond motifs is 5. The fraction of sp³-hybridized carbons (Fsp3) is 0.554. The van der Waals surface area contributed by atoms with Gasteiger partial charge in [-0.3, -0.25) is 38.6 Å². The first kappa shape index (κ1) is 130. The second-order valence-electron chi connectivity index (χ2n) is 32.3. The number of aliphatic hydroxyl groups excluding tert-OH is 5. The molecule has 0 bridgehead atoms. The molecule has 13 rings (SSSR count). The number of hydrogen-bond acceptors (Lipinski definition) is 36. The number of rotatable bonds is 40. The van der Waals surface area contributed by atoms with Crippen LogP contribution in [0.2, 0.25) is 0 Å². The molecule has 12 aromatic rings. The van der Waals surface area contributed by atoms with E-state index in [1.807, 2.05) is 140 Å². The smallest absolute Gasteiger partial charge is 1.00 e. The monoisotopic (exact) mass is 2100 g/mol. The van der Waals surface area contributed by atoms with Gasteiger partial charge in [-0.15, -0.1) is 0 Å². The van der Waals surface area contributed by atoms with Gasteiger partial charge in [0.2, 0.25) is 68.7 Å². The maximum Gasteiger partial charge on any atom is 1.00 e. The summed E-state index contributed by atoms with van der Waals surface area (Å²) in [7, 11) is 12.9. The minimum absolute atomic E-state index is 0. The Kier molecular flexibility index (Phi) is 64.9. The molecule has 0 radical (unpaired) electrons. The number of nitrogens with zero attached hydrogens (tertiary/aromatic N) is 25. The molecule has 11 heterocycles. The number of aliphatic imine (C=N–C) groups is 2. The van der Waals surface area contributed by atoms with Crippen molar-refractivity contribution in [3.8, 4) is 11.8 Å². The van der Waals surface area contributed by atoms with E-state index in [0.717, 1.165) is 38.4 Å². The van der Waals surface area contributed by atoms with Crippen LogP contribution in [0.3, 0.4) is 0 Å². The van der Waals surface area contributed by atoms with E-state index in [0.29, 0.717) is 148 Å². The number of benzene rings is 2. The molecule has 1 saturated heterocycles. The van der Waals surface area contributed by atoms with Crippen LogP contribution in [-0.4, -0.2) is 332 Å². The summed E-state index contributed by atoms with van der Waals surface area (Å²) < 4.78 is 70.6. The van der Waals surface area contributed by atoms with Gasteiger partial charge in [-0.1, -0.05) is 103 Å². The van der Waals surface area contributed by atoms with Gasteiger partial charge in [0.05, 0.1) is 116 Å². The van der Waals surface area contributed by atoms with Crippen LogP contribution in [0.1, 0.15) is 143 Å². The Bertz CT molecular complexity index is 5920. The zero-order valence-electron chi connectivity index (χ0n) is 88.9. The molecule has 1 fully saturated rings. The quantitative estimate of drug-likeness (QED) is 0.00251. The zero-order valence-corrected chi connectivity index (χ0v) is 91.4. The number of aromatic nitrogens is 20. The van der Waals surface area contributed by atoms with Gasteiger partial charge in [0, 0.05) is 80.8 Å². The van der Waals surface area contributed by atoms with Crippen LogP contribution in [-0.2, 0) is 67.2 Å². The van der Waals surface area contributed by atoms with E-state index in [1.165, 1.54) is 25.4 Å². The normalized spacial score (nSPS) is 13.1. The van der Waals surface area contributed by atoms with Crippen molar-refractivity contribution in [2.45, 2.75) is 230 Å². The third-order valence-electron chi connectivity index (χ3n) is 19.1. The average molecular weight is 2100 g/mol. The number of nitrogen functional groups attached to an aromatic ring is 3. The van der Waals surface area contributed by atoms with Gasteiger partial charge in [-0.25, -0.2) is 57.4 Å². The van der Waals surface area contributed by atoms with Gasteiger partial charge in [0.25, 0.3) is 25.2 Å². The molecule has 7 atom stereocenters. The second-order valence-corrected chi connectivity index (χ2v) is 35.8. The summed E-state index contributed by atoms with van der Waals surface area (Å²) in [5, 5.41) is 43.1. The fourth-order valence-corrected chi connectivity index (χ4v) is 16.3. The van der Waals surface area contributed by atoms with Gasteiger partial charge >= 0.3 is 29.6 Å². The van der Waals surface area contributed by atoms with E-state index in [1.54, 1.807) is 63.1 Å². The van der Waals surface area contributed by atoms with Crippen molar-refractivity contribution in [2.75, 3.05) is 128 Å². The van der Waals surface area contributed by atoms with Crippen LogP contribution in [0.15, 0.2) is 117 Å². The Balaban J connectivity index is 0.00000170. The number of anilines is 3. The van der Waals surface area contributed by atoms with E-state index in [4.69, 9.17) is 90.4 Å². The van der Waals surface area contributed by atoms with Gasteiger partial charge in [-0.2, -0.15) is 34.9 Å². The Morgan fingerprint density at radius 1 is 0.579 bits per heavy atom. The van der Waals surface area contributed by atoms with Crippen LogP contribution in [0.25, 0.3) is 65.5 Å². The van der Waals surface area contributed by atoms with Crippen molar-refractivity contribution in [1.82, 2.24) is 122 Å². The summed E-state index contributed by atoms with van der Waals surface area (Å²) in [6.07, 6.45) is 13.4. The van der Waals surface area contributed by atoms with E-state index in [-0.39, 0.29) is 133 Å². The van der Waals surface area contributed by atoms with Crippen LogP contribution in [0, 0.1) is 13.1 Å². The van der Waals surface area contributed by atoms with Crippen molar-refractivity contribution in [2.24, 2.45) is 9.98 Å². The minimum atomic E-state index is -1.37. The average Bonchev–Trinajstić information content (AvgIpc) is 1.69. The summed E-state index contributed by atoms with van der Waals surface area (Å²) in [5.41, 5.74) is 22.1. The summed E-state index contributed by atoms with van der Waals surface area (Å²) in [4.78, 5) is 116. The number of hydrogen-bond donors (Lipinski definition) is 12. The number of aromatic amines is 4. The molecule has 48 nitrogen and oxygen atoms in total. The Morgan fingerprint density at radius 3 is 1.34 bits per heavy atom. The van der Waals surface area contributed by atoms with Crippen molar-refractivity contribution in [1.29, 1.82) is 0 Å². The number of ether oxygens (including phenoxy) is 5. The molecule has 145 heavy (non-hydrogen) atoms. The van der Waals surface area contributed by atoms with Crippen LogP contribution < -0.4 is 72.9 Å². The minimum Gasteiger partial charge on any atom is -1.00 e. The van der Waals surface area contributed by atoms with Gasteiger partial charge in [-0.05, 0) is 124 Å². The Labute approximate surface area is 879 Å². The number of halogens is 2. The number of aliphatic hydroxyl groups is 5. The Morgan fingerprint density at radius 2 is 0.966 bits per heavy atom. The maximum absolute atomic E-state index is 12.4. The SMILES string of the molecule is C.CC[C@@H](O)Cn1cnc2c(=O)[nH]c(N)nc21.CC[C@@H](O)Cn1cnc2c(=O)[nH]c(N=CN(C)C)nc21.CC[C@@H](O)Cn1cnc2c(OCc3ccccc3)nc(N)nc21.CC[C@@H]1CO1.CO.CO.COC(OC)N(C)C.Nc1nc(OCc2ccccc2)c2[nH]cnc2n1.[2H]CF.[C-]#[N+]CCOP(Cl)N(C(C)C)C(C)C.[C-]#[N+]CCOP(O[C@H](CC)Cn1cnc2c(=O)[nH]c(N=CN(C)C)nc21)N(C(C)C)C(C)C.[H-].[Na+]. The molecular formula is C92H151ClFN32NaO16P2. The first-order valence-corrected chi connectivity index (χ1v) is 49.0. The number of H-pyrrole nitrogens is 4. The molecule has 1 aliphatic heterocycles. The molecule has 0 saturated carbocycles. The van der Waals surface area contributed by atoms with Crippen LogP contribution in [0.4, 0.5) is 34.1 Å². The predicted octanol–water partition coefficient (Wildman–Crippen LogP) is 8.26. The van der Waals surface area contributed by atoms with Gasteiger partial charge < -0.3 is 124 Å². The van der Waals surface area contributed by atoms with E-state index in [9.17, 15) is 34.1 Å². The molecule has 2 unspecified atom stereocenters. The number of epoxide rings is 1. The van der Waals surface area contributed by atoms with Crippen molar-refractivity contribution < 1.29 is 99.5 Å². The number of nitrogens with one attached hydrogen (secondary N) is 4. The first-order valence-electron chi connectivity index (χ1n) is 46.4. The molecule has 800 valence electrons. The summed E-state index contributed by atoms with van der Waals surface area (Å²) in [6.45, 7) is 45.1. The molecule has 1 aliphatic rings. The van der Waals surface area contributed by atoms with E-state index in [2.05, 4.69) is 171 Å².